The molecule has 9 nitrogen and oxygen atoms in total. The standard InChI is InChI=1S/C67H109N2O7P/c1-6-8-10-12-14-16-18-20-21-22-23-24-25-26-27-28-29-30-31-32-33-34-35-36-37-38-39-40-41-42-43-44-45-46-47-48-50-52-54-56-58-60-66(71)68-64(63-76-77(73,74)75-62-61-69(3,4)5)67(72)65(70)59-57-55-53-51-49-19-17-15-13-11-9-7-2/h8,10,14-17,20-21,23-24,26-27,29-30,32-33,35-36,38-39,41-42,44-45,47-48,51,53,64-65,67,70,72H,6-7,9,11-13,18-19,22,25,28,31,34,37,40,43,46,49-50,52,54-63H2,1-5H3,(H-,68,71,73,74)/b10-8-,16-14-,17-15+,21-20-,24-23-,27-26-,30-29-,33-32-,36-35-,39-38-,42-41-,45-44-,48-47-,53-51+. The Hall–Kier alpha value is -4.18. The SMILES string of the molecule is CC/C=C\C/C=C\C/C=C\C/C=C\C/C=C\C/C=C\C/C=C\C/C=C\C/C=C\C/C=C\C/C=C\C/C=C\CCCCCCC(=O)NC(COP(=O)([O-])OCC[N+](C)(C)C)C(O)C(O)CCC/C=C/CC/C=C/CCCCC. The maximum absolute atomic E-state index is 13.0. The Kier molecular flexibility index (Phi) is 52.2. The van der Waals surface area contributed by atoms with Gasteiger partial charge in [-0.05, 0) is 141 Å². The lowest BCUT2D eigenvalue weighted by atomic mass is 10.0. The third-order valence-electron chi connectivity index (χ3n) is 12.0. The highest BCUT2D eigenvalue weighted by Gasteiger charge is 2.29. The Bertz CT molecular complexity index is 1870. The molecule has 4 unspecified atom stereocenters. The van der Waals surface area contributed by atoms with Gasteiger partial charge < -0.3 is 34.0 Å². The Balaban J connectivity index is 4.27. The van der Waals surface area contributed by atoms with Gasteiger partial charge in [-0.25, -0.2) is 0 Å². The normalized spacial score (nSPS) is 15.5. The molecule has 77 heavy (non-hydrogen) atoms. The summed E-state index contributed by atoms with van der Waals surface area (Å²) in [6.07, 6.45) is 84.3. The number of hydrogen-bond donors (Lipinski definition) is 3. The van der Waals surface area contributed by atoms with Crippen molar-refractivity contribution in [2.45, 2.75) is 205 Å². The fourth-order valence-electron chi connectivity index (χ4n) is 7.37. The van der Waals surface area contributed by atoms with Gasteiger partial charge in [-0.2, -0.15) is 0 Å². The highest BCUT2D eigenvalue weighted by Crippen LogP contribution is 2.38. The van der Waals surface area contributed by atoms with E-state index in [1.807, 2.05) is 21.1 Å². The first kappa shape index (κ1) is 72.8. The lowest BCUT2D eigenvalue weighted by Crippen LogP contribution is -2.51. The number of hydrogen-bond acceptors (Lipinski definition) is 7. The smallest absolute Gasteiger partial charge is 0.268 e. The first-order chi connectivity index (χ1) is 37.4. The lowest BCUT2D eigenvalue weighted by Gasteiger charge is -2.31. The fraction of sp³-hybridized carbons (Fsp3) is 0.567. The maximum atomic E-state index is 13.0. The van der Waals surface area contributed by atoms with Crippen LogP contribution >= 0.6 is 7.82 Å². The van der Waals surface area contributed by atoms with Crippen LogP contribution in [0.1, 0.15) is 187 Å². The number of aliphatic hydroxyl groups is 2. The van der Waals surface area contributed by atoms with Crippen molar-refractivity contribution in [3.8, 4) is 0 Å². The van der Waals surface area contributed by atoms with Gasteiger partial charge in [0.25, 0.3) is 7.82 Å². The Labute approximate surface area is 471 Å². The van der Waals surface area contributed by atoms with Crippen molar-refractivity contribution < 1.29 is 38.0 Å². The van der Waals surface area contributed by atoms with E-state index in [2.05, 4.69) is 189 Å². The first-order valence-electron chi connectivity index (χ1n) is 29.6. The van der Waals surface area contributed by atoms with Crippen molar-refractivity contribution in [3.63, 3.8) is 0 Å². The van der Waals surface area contributed by atoms with Crippen LogP contribution in [0.2, 0.25) is 0 Å². The Morgan fingerprint density at radius 2 is 0.831 bits per heavy atom. The number of carbonyl (C=O) groups excluding carboxylic acids is 1. The molecule has 0 saturated heterocycles. The molecule has 0 heterocycles. The Morgan fingerprint density at radius 3 is 1.23 bits per heavy atom. The predicted molar refractivity (Wildman–Crippen MR) is 330 cm³/mol. The Morgan fingerprint density at radius 1 is 0.481 bits per heavy atom. The number of rotatable bonds is 51. The van der Waals surface area contributed by atoms with Crippen molar-refractivity contribution in [2.75, 3.05) is 40.9 Å². The molecule has 0 bridgehead atoms. The van der Waals surface area contributed by atoms with Gasteiger partial charge in [0, 0.05) is 6.42 Å². The summed E-state index contributed by atoms with van der Waals surface area (Å²) in [5, 5.41) is 24.6. The van der Waals surface area contributed by atoms with Crippen LogP contribution in [0.3, 0.4) is 0 Å². The maximum Gasteiger partial charge on any atom is 0.268 e. The molecule has 0 spiro atoms. The molecule has 10 heteroatoms. The number of likely N-dealkylation sites (N-methyl/N-ethyl adjacent to an activating group) is 1. The van der Waals surface area contributed by atoms with E-state index in [9.17, 15) is 24.5 Å². The van der Waals surface area contributed by atoms with E-state index in [1.54, 1.807) is 0 Å². The molecular formula is C67H109N2O7P. The van der Waals surface area contributed by atoms with Crippen LogP contribution in [0.15, 0.2) is 170 Å². The number of quaternary nitrogens is 1. The topological polar surface area (TPSA) is 128 Å². The van der Waals surface area contributed by atoms with Crippen LogP contribution in [0.5, 0.6) is 0 Å². The number of unbranched alkanes of at least 4 members (excludes halogenated alkanes) is 9. The second kappa shape index (κ2) is 55.1. The molecule has 434 valence electrons. The van der Waals surface area contributed by atoms with Crippen molar-refractivity contribution in [3.05, 3.63) is 170 Å². The van der Waals surface area contributed by atoms with Crippen LogP contribution in [0.25, 0.3) is 0 Å². The minimum atomic E-state index is -4.70. The number of aliphatic hydroxyl groups excluding tert-OH is 2. The zero-order chi connectivity index (χ0) is 56.4. The van der Waals surface area contributed by atoms with Crippen LogP contribution in [0, 0.1) is 0 Å². The van der Waals surface area contributed by atoms with Gasteiger partial charge in [-0.15, -0.1) is 0 Å². The highest BCUT2D eigenvalue weighted by atomic mass is 31.2. The predicted octanol–water partition coefficient (Wildman–Crippen LogP) is 16.8. The average Bonchev–Trinajstić information content (AvgIpc) is 3.39. The summed E-state index contributed by atoms with van der Waals surface area (Å²) in [5.74, 6) is -0.326. The van der Waals surface area contributed by atoms with Crippen LogP contribution < -0.4 is 10.2 Å². The van der Waals surface area contributed by atoms with E-state index in [1.165, 1.54) is 19.3 Å². The van der Waals surface area contributed by atoms with Crippen LogP contribution in [-0.2, 0) is 18.4 Å². The second-order valence-corrected chi connectivity index (χ2v) is 21.8. The van der Waals surface area contributed by atoms with E-state index < -0.39 is 32.7 Å². The molecular weight excluding hydrogens is 976 g/mol. The highest BCUT2D eigenvalue weighted by molar-refractivity contribution is 7.45. The van der Waals surface area contributed by atoms with E-state index in [0.29, 0.717) is 23.9 Å². The summed E-state index contributed by atoms with van der Waals surface area (Å²) in [5.41, 5.74) is 0. The lowest BCUT2D eigenvalue weighted by molar-refractivity contribution is -0.870. The van der Waals surface area contributed by atoms with Crippen molar-refractivity contribution in [1.29, 1.82) is 0 Å². The number of nitrogens with zero attached hydrogens (tertiary/aromatic N) is 1. The molecule has 1 amide bonds. The summed E-state index contributed by atoms with van der Waals surface area (Å²) < 4.78 is 23.2. The van der Waals surface area contributed by atoms with E-state index in [-0.39, 0.29) is 25.4 Å². The molecule has 0 radical (unpaired) electrons. The van der Waals surface area contributed by atoms with E-state index >= 15 is 0 Å². The molecule has 3 N–H and O–H groups in total. The quantitative estimate of drug-likeness (QED) is 0.0240. The third kappa shape index (κ3) is 56.4. The second-order valence-electron chi connectivity index (χ2n) is 20.4. The van der Waals surface area contributed by atoms with Crippen molar-refractivity contribution >= 4 is 13.7 Å². The number of carbonyl (C=O) groups is 1. The van der Waals surface area contributed by atoms with Crippen LogP contribution in [-0.4, -0.2) is 79.8 Å². The number of allylic oxidation sites excluding steroid dienone is 28. The van der Waals surface area contributed by atoms with Gasteiger partial charge >= 0.3 is 0 Å². The number of amides is 1. The van der Waals surface area contributed by atoms with E-state index in [4.69, 9.17) is 9.05 Å². The number of nitrogens with one attached hydrogen (secondary N) is 1. The summed E-state index contributed by atoms with van der Waals surface area (Å²) >= 11 is 0. The summed E-state index contributed by atoms with van der Waals surface area (Å²) in [6, 6.07) is -1.12. The monoisotopic (exact) mass is 1080 g/mol. The molecule has 0 aliphatic carbocycles. The van der Waals surface area contributed by atoms with Gasteiger partial charge in [-0.3, -0.25) is 9.36 Å². The minimum absolute atomic E-state index is 0.0637. The third-order valence-corrected chi connectivity index (χ3v) is 13.0. The molecule has 0 aromatic carbocycles. The zero-order valence-corrected chi connectivity index (χ0v) is 49.8. The summed E-state index contributed by atoms with van der Waals surface area (Å²) in [4.78, 5) is 25.5. The fourth-order valence-corrected chi connectivity index (χ4v) is 8.09. The molecule has 0 fully saturated rings. The molecule has 4 atom stereocenters. The minimum Gasteiger partial charge on any atom is -0.756 e. The van der Waals surface area contributed by atoms with E-state index in [0.717, 1.165) is 128 Å². The van der Waals surface area contributed by atoms with Crippen molar-refractivity contribution in [2.24, 2.45) is 0 Å². The average molecular weight is 1090 g/mol. The van der Waals surface area contributed by atoms with Gasteiger partial charge in [0.2, 0.25) is 5.91 Å². The zero-order valence-electron chi connectivity index (χ0n) is 48.9. The van der Waals surface area contributed by atoms with Crippen LogP contribution in [0.4, 0.5) is 0 Å². The molecule has 0 aromatic rings. The summed E-state index contributed by atoms with van der Waals surface area (Å²) in [7, 11) is 1.05. The summed E-state index contributed by atoms with van der Waals surface area (Å²) in [6.45, 7) is 4.21. The molecule has 0 aromatic heterocycles. The number of phosphoric acid groups is 1. The molecule has 0 rings (SSSR count). The van der Waals surface area contributed by atoms with Crippen molar-refractivity contribution in [1.82, 2.24) is 5.32 Å². The van der Waals surface area contributed by atoms with Gasteiger partial charge in [0.05, 0.1) is 39.9 Å². The van der Waals surface area contributed by atoms with Gasteiger partial charge in [0.15, 0.2) is 0 Å². The van der Waals surface area contributed by atoms with Gasteiger partial charge in [-0.1, -0.05) is 210 Å². The number of phosphoric ester groups is 1. The van der Waals surface area contributed by atoms with Gasteiger partial charge in [0.1, 0.15) is 19.3 Å². The molecule has 0 aliphatic rings. The molecule has 0 saturated carbocycles. The largest absolute Gasteiger partial charge is 0.756 e. The molecule has 0 aliphatic heterocycles. The first-order valence-corrected chi connectivity index (χ1v) is 31.0.